The van der Waals surface area contributed by atoms with Crippen LogP contribution in [0.2, 0.25) is 0 Å². The summed E-state index contributed by atoms with van der Waals surface area (Å²) in [6.07, 6.45) is -14.0. The molecule has 10 amide bonds. The van der Waals surface area contributed by atoms with E-state index in [0.717, 1.165) is 13.8 Å². The third-order valence-electron chi connectivity index (χ3n) is 11.6. The van der Waals surface area contributed by atoms with Gasteiger partial charge in [0.1, 0.15) is 79.6 Å². The molecule has 34 nitrogen and oxygen atoms in total. The van der Waals surface area contributed by atoms with Gasteiger partial charge in [0.25, 0.3) is 0 Å². The van der Waals surface area contributed by atoms with Crippen LogP contribution in [0.1, 0.15) is 82.6 Å². The van der Waals surface area contributed by atoms with Crippen molar-refractivity contribution in [2.45, 2.75) is 185 Å². The summed E-state index contributed by atoms with van der Waals surface area (Å²) in [5, 5.41) is 96.8. The lowest BCUT2D eigenvalue weighted by Gasteiger charge is -2.42. The number of rotatable bonds is 30. The largest absolute Gasteiger partial charge is 0.480 e. The van der Waals surface area contributed by atoms with E-state index >= 15 is 0 Å². The molecule has 2 saturated heterocycles. The molecule has 18 N–H and O–H groups in total. The van der Waals surface area contributed by atoms with Crippen LogP contribution in [-0.2, 0) is 76.4 Å². The molecule has 2 heterocycles. The van der Waals surface area contributed by atoms with Crippen molar-refractivity contribution in [3.63, 3.8) is 0 Å². The van der Waals surface area contributed by atoms with Crippen molar-refractivity contribution in [2.75, 3.05) is 59.2 Å². The van der Waals surface area contributed by atoms with Gasteiger partial charge < -0.3 is 113 Å². The molecule has 0 aromatic rings. The van der Waals surface area contributed by atoms with E-state index < -0.39 is 226 Å². The lowest BCUT2D eigenvalue weighted by molar-refractivity contribution is -0.203. The fourth-order valence-corrected chi connectivity index (χ4v) is 7.55. The van der Waals surface area contributed by atoms with E-state index in [1.807, 2.05) is 0 Å². The summed E-state index contributed by atoms with van der Waals surface area (Å²) in [5.41, 5.74) is -2.64. The summed E-state index contributed by atoms with van der Waals surface area (Å²) in [5.74, 6) is -11.1. The molecule has 0 unspecified atom stereocenters. The Morgan fingerprint density at radius 1 is 0.446 bits per heavy atom. The molecule has 0 bridgehead atoms. The van der Waals surface area contributed by atoms with E-state index in [2.05, 4.69) is 58.5 Å². The van der Waals surface area contributed by atoms with Crippen molar-refractivity contribution in [3.8, 4) is 0 Å². The highest BCUT2D eigenvalue weighted by Crippen LogP contribution is 2.22. The number of amides is 10. The molecule has 0 aromatic heterocycles. The second-order valence-corrected chi connectivity index (χ2v) is 22.4. The summed E-state index contributed by atoms with van der Waals surface area (Å²) >= 11 is 0. The molecule has 2 aliphatic rings. The number of carboxylic acids is 1. The molecule has 34 heteroatoms. The molecule has 0 aromatic carbocycles. The van der Waals surface area contributed by atoms with Crippen LogP contribution >= 0.6 is 0 Å². The van der Waals surface area contributed by atoms with Gasteiger partial charge in [-0.25, -0.2) is 0 Å². The fraction of sp³-hybridized carbons (Fsp3) is 0.776. The van der Waals surface area contributed by atoms with Crippen molar-refractivity contribution >= 4 is 65.0 Å². The van der Waals surface area contributed by atoms with Crippen LogP contribution in [0, 0.1) is 0 Å². The number of aliphatic carboxylic acids is 1. The lowest BCUT2D eigenvalue weighted by Crippen LogP contribution is -2.68. The quantitative estimate of drug-likeness (QED) is 0.0318. The third kappa shape index (κ3) is 26.9. The normalized spacial score (nSPS) is 24.2. The van der Waals surface area contributed by atoms with E-state index in [1.54, 1.807) is 62.3 Å². The number of aliphatic hydroxyl groups is 6. The summed E-state index contributed by atoms with van der Waals surface area (Å²) in [6, 6.07) is -9.53. The Morgan fingerprint density at radius 2 is 0.795 bits per heavy atom. The molecular weight excluding hydrogens is 1110 g/mol. The van der Waals surface area contributed by atoms with Crippen molar-refractivity contribution in [1.82, 2.24) is 58.5 Å². The van der Waals surface area contributed by atoms with Gasteiger partial charge in [0.05, 0.1) is 81.9 Å². The Bertz CT molecular complexity index is 2240. The number of hydrogen-bond acceptors (Lipinski definition) is 23. The Balaban J connectivity index is 2.41. The topological polar surface area (TPSA) is 508 Å². The average Bonchev–Trinajstić information content (AvgIpc) is 3.59. The van der Waals surface area contributed by atoms with Gasteiger partial charge in [-0.2, -0.15) is 0 Å². The minimum absolute atomic E-state index is 0.378. The zero-order valence-corrected chi connectivity index (χ0v) is 48.3. The van der Waals surface area contributed by atoms with Crippen molar-refractivity contribution in [2.24, 2.45) is 0 Å². The highest BCUT2D eigenvalue weighted by atomic mass is 16.6. The molecule has 0 spiro atoms. The van der Waals surface area contributed by atoms with Gasteiger partial charge in [0.2, 0.25) is 59.1 Å². The molecule has 2 fully saturated rings. The summed E-state index contributed by atoms with van der Waals surface area (Å²) < 4.78 is 28.3. The number of carboxylic acid groups (broad SMARTS) is 1. The molecule has 2 rings (SSSR count). The van der Waals surface area contributed by atoms with Gasteiger partial charge in [-0.05, 0) is 62.3 Å². The van der Waals surface area contributed by atoms with Crippen LogP contribution in [0.5, 0.6) is 0 Å². The van der Waals surface area contributed by atoms with E-state index in [1.165, 1.54) is 0 Å². The molecule has 0 radical (unpaired) electrons. The molecule has 0 saturated carbocycles. The molecule has 14 atom stereocenters. The van der Waals surface area contributed by atoms with Gasteiger partial charge in [0.15, 0.2) is 6.23 Å². The van der Waals surface area contributed by atoms with Crippen molar-refractivity contribution in [1.29, 1.82) is 0 Å². The van der Waals surface area contributed by atoms with Crippen LogP contribution in [-0.4, -0.2) is 262 Å². The number of aliphatic hydroxyl groups excluding tert-OH is 6. The maximum atomic E-state index is 14.3. The lowest BCUT2D eigenvalue weighted by atomic mass is 9.95. The molecule has 2 aliphatic heterocycles. The first-order valence-corrected chi connectivity index (χ1v) is 26.3. The second kappa shape index (κ2) is 33.3. The monoisotopic (exact) mass is 1200 g/mol. The Hall–Kier alpha value is -6.31. The summed E-state index contributed by atoms with van der Waals surface area (Å²) in [7, 11) is 0. The number of hydrogen-bond donors (Lipinski definition) is 18. The van der Waals surface area contributed by atoms with Gasteiger partial charge >= 0.3 is 5.97 Å². The molecule has 83 heavy (non-hydrogen) atoms. The smallest absolute Gasteiger partial charge is 0.322 e. The maximum absolute atomic E-state index is 14.3. The Kier molecular flexibility index (Phi) is 29.2. The zero-order chi connectivity index (χ0) is 63.3. The maximum Gasteiger partial charge on any atom is 0.322 e. The Morgan fingerprint density at radius 3 is 1.17 bits per heavy atom. The van der Waals surface area contributed by atoms with Crippen molar-refractivity contribution in [3.05, 3.63) is 0 Å². The zero-order valence-electron chi connectivity index (χ0n) is 48.3. The Labute approximate surface area is 478 Å². The minimum Gasteiger partial charge on any atom is -0.480 e. The molecule has 0 aliphatic carbocycles. The highest BCUT2D eigenvalue weighted by molar-refractivity contribution is 5.97. The summed E-state index contributed by atoms with van der Waals surface area (Å²) in [6.45, 7) is 10.5. The standard InChI is InChI=1S/C49H85N11O23/c1-22(63)54-35-39(73)37(71)28(17-61)82-45(35)53-15-33(68)56-24(12-30(65)60-46-36(55-23(2)64)40(74)38(72)29(18-62)83-46)44(78)59-27(21-81-49(9,10)11)43(77)51-14-32(67)57-25(19-79-47(3,4)5)41(75)50-13-31(66)58-26(20-80-48(6,7)8)42(76)52-16-34(69)70/h24-29,35-40,45-46,53,61-62,71-74H,12-21H2,1-11H3,(H,50,75)(H,51,77)(H,52,76)(H,54,63)(H,55,64)(H,56,68)(H,57,67)(H,58,66)(H,59,78)(H,60,65)(H,69,70)/t24-,25-,26-,27-,28+,29+,35+,36+,37+,38+,39+,40+,45+,46+/m0/s1. The van der Waals surface area contributed by atoms with Crippen LogP contribution in [0.25, 0.3) is 0 Å². The van der Waals surface area contributed by atoms with Gasteiger partial charge in [-0.3, -0.25) is 58.1 Å². The fourth-order valence-electron chi connectivity index (χ4n) is 7.55. The van der Waals surface area contributed by atoms with Crippen LogP contribution in [0.15, 0.2) is 0 Å². The average molecular weight is 1200 g/mol. The highest BCUT2D eigenvalue weighted by Gasteiger charge is 2.47. The van der Waals surface area contributed by atoms with Crippen LogP contribution in [0.3, 0.4) is 0 Å². The van der Waals surface area contributed by atoms with Crippen molar-refractivity contribution < 1.29 is 112 Å². The molecule has 474 valence electrons. The number of ether oxygens (including phenoxy) is 5. The van der Waals surface area contributed by atoms with Gasteiger partial charge in [0, 0.05) is 13.8 Å². The van der Waals surface area contributed by atoms with Crippen LogP contribution < -0.4 is 58.5 Å². The van der Waals surface area contributed by atoms with E-state index in [9.17, 15) is 83.4 Å². The first kappa shape index (κ1) is 72.8. The van der Waals surface area contributed by atoms with E-state index in [4.69, 9.17) is 28.8 Å². The van der Waals surface area contributed by atoms with E-state index in [-0.39, 0.29) is 6.61 Å². The first-order valence-electron chi connectivity index (χ1n) is 26.3. The number of nitrogens with one attached hydrogen (secondary N) is 11. The second-order valence-electron chi connectivity index (χ2n) is 22.4. The number of carbonyl (C=O) groups is 11. The van der Waals surface area contributed by atoms with Gasteiger partial charge in [-0.1, -0.05) is 0 Å². The molecular formula is C49H85N11O23. The predicted octanol–water partition coefficient (Wildman–Crippen LogP) is -9.21. The summed E-state index contributed by atoms with van der Waals surface area (Å²) in [4.78, 5) is 143. The number of carbonyl (C=O) groups excluding carboxylic acids is 10. The predicted molar refractivity (Wildman–Crippen MR) is 283 cm³/mol. The first-order chi connectivity index (χ1) is 38.3. The minimum atomic E-state index is -1.96. The SMILES string of the molecule is CC(=O)N[C@@H]1[C@@H](O)[C@H](O)[C@@H](CO)O[C@H]1NCC(=O)N[C@@H](CC(=O)N[C@@H]1O[C@H](CO)[C@@H](O)[C@H](O)[C@H]1NC(C)=O)C(=O)N[C@@H](COC(C)(C)C)C(=O)NCC(=O)N[C@@H](COC(C)(C)C)C(=O)NCC(=O)N[C@@H](COC(C)(C)C)C(=O)NCC(=O)O. The third-order valence-corrected chi connectivity index (χ3v) is 11.6. The van der Waals surface area contributed by atoms with Crippen LogP contribution in [0.4, 0.5) is 0 Å². The van der Waals surface area contributed by atoms with E-state index in [0.29, 0.717) is 0 Å². The van der Waals surface area contributed by atoms with Gasteiger partial charge in [-0.15, -0.1) is 0 Å².